The van der Waals surface area contributed by atoms with Crippen LogP contribution in [0, 0.1) is 0 Å². The predicted molar refractivity (Wildman–Crippen MR) is 59.0 cm³/mol. The van der Waals surface area contributed by atoms with Crippen LogP contribution in [0.2, 0.25) is 5.02 Å². The molecular formula is C10H10ClN3O. The fourth-order valence-electron chi connectivity index (χ4n) is 1.35. The summed E-state index contributed by atoms with van der Waals surface area (Å²) in [6, 6.07) is 5.47. The highest BCUT2D eigenvalue weighted by Gasteiger charge is 2.07. The molecule has 15 heavy (non-hydrogen) atoms. The van der Waals surface area contributed by atoms with Gasteiger partial charge in [-0.15, -0.1) is 5.10 Å². The Morgan fingerprint density at radius 1 is 1.40 bits per heavy atom. The van der Waals surface area contributed by atoms with Gasteiger partial charge in [0.15, 0.2) is 0 Å². The Bertz CT molecular complexity index is 501. The zero-order valence-corrected chi connectivity index (χ0v) is 8.95. The van der Waals surface area contributed by atoms with E-state index in [2.05, 4.69) is 10.2 Å². The number of hydrogen-bond donors (Lipinski definition) is 1. The van der Waals surface area contributed by atoms with Gasteiger partial charge in [-0.05, 0) is 12.1 Å². The SMILES string of the molecule is COc1ccc2c(Cl)c(CN)nnc2c1. The normalized spacial score (nSPS) is 10.6. The molecule has 0 amide bonds. The molecule has 0 fully saturated rings. The summed E-state index contributed by atoms with van der Waals surface area (Å²) in [6.07, 6.45) is 0. The summed E-state index contributed by atoms with van der Waals surface area (Å²) in [7, 11) is 1.60. The van der Waals surface area contributed by atoms with Crippen LogP contribution in [-0.2, 0) is 6.54 Å². The van der Waals surface area contributed by atoms with E-state index in [1.807, 2.05) is 12.1 Å². The molecule has 0 aliphatic carbocycles. The average Bonchev–Trinajstić information content (AvgIpc) is 2.29. The van der Waals surface area contributed by atoms with Crippen molar-refractivity contribution >= 4 is 22.5 Å². The van der Waals surface area contributed by atoms with Crippen molar-refractivity contribution in [3.8, 4) is 5.75 Å². The Morgan fingerprint density at radius 3 is 2.87 bits per heavy atom. The maximum Gasteiger partial charge on any atom is 0.121 e. The first-order chi connectivity index (χ1) is 7.26. The minimum Gasteiger partial charge on any atom is -0.497 e. The van der Waals surface area contributed by atoms with E-state index in [9.17, 15) is 0 Å². The summed E-state index contributed by atoms with van der Waals surface area (Å²) in [5.74, 6) is 0.730. The van der Waals surface area contributed by atoms with E-state index < -0.39 is 0 Å². The third-order valence-electron chi connectivity index (χ3n) is 2.17. The minimum absolute atomic E-state index is 0.286. The lowest BCUT2D eigenvalue weighted by atomic mass is 10.2. The van der Waals surface area contributed by atoms with Crippen LogP contribution < -0.4 is 10.5 Å². The van der Waals surface area contributed by atoms with Gasteiger partial charge in [-0.1, -0.05) is 11.6 Å². The van der Waals surface area contributed by atoms with Crippen LogP contribution in [0.5, 0.6) is 5.75 Å². The van der Waals surface area contributed by atoms with Crippen molar-refractivity contribution in [2.45, 2.75) is 6.54 Å². The highest BCUT2D eigenvalue weighted by molar-refractivity contribution is 6.35. The molecule has 0 aliphatic heterocycles. The van der Waals surface area contributed by atoms with Gasteiger partial charge in [0.25, 0.3) is 0 Å². The molecule has 0 saturated carbocycles. The lowest BCUT2D eigenvalue weighted by Gasteiger charge is -2.05. The highest BCUT2D eigenvalue weighted by Crippen LogP contribution is 2.26. The van der Waals surface area contributed by atoms with Gasteiger partial charge < -0.3 is 10.5 Å². The summed E-state index contributed by atoms with van der Waals surface area (Å²) in [5.41, 5.74) is 6.80. The van der Waals surface area contributed by atoms with Gasteiger partial charge in [-0.25, -0.2) is 0 Å². The topological polar surface area (TPSA) is 61.0 Å². The molecule has 0 spiro atoms. The van der Waals surface area contributed by atoms with E-state index in [0.717, 1.165) is 11.1 Å². The first-order valence-electron chi connectivity index (χ1n) is 4.45. The van der Waals surface area contributed by atoms with Crippen LogP contribution in [0.25, 0.3) is 10.9 Å². The van der Waals surface area contributed by atoms with Crippen molar-refractivity contribution < 1.29 is 4.74 Å². The number of fused-ring (bicyclic) bond motifs is 1. The lowest BCUT2D eigenvalue weighted by Crippen LogP contribution is -2.02. The number of nitrogens with two attached hydrogens (primary N) is 1. The van der Waals surface area contributed by atoms with Crippen LogP contribution in [0.15, 0.2) is 18.2 Å². The minimum atomic E-state index is 0.286. The third kappa shape index (κ3) is 1.73. The zero-order chi connectivity index (χ0) is 10.8. The molecule has 2 aromatic rings. The van der Waals surface area contributed by atoms with Gasteiger partial charge in [0.2, 0.25) is 0 Å². The van der Waals surface area contributed by atoms with Crippen molar-refractivity contribution in [3.63, 3.8) is 0 Å². The number of aromatic nitrogens is 2. The monoisotopic (exact) mass is 223 g/mol. The van der Waals surface area contributed by atoms with E-state index in [1.165, 1.54) is 0 Å². The van der Waals surface area contributed by atoms with Gasteiger partial charge in [0, 0.05) is 18.0 Å². The molecule has 5 heteroatoms. The zero-order valence-electron chi connectivity index (χ0n) is 8.20. The van der Waals surface area contributed by atoms with Gasteiger partial charge in [-0.3, -0.25) is 0 Å². The van der Waals surface area contributed by atoms with Gasteiger partial charge in [0.1, 0.15) is 5.75 Å². The molecule has 2 rings (SSSR count). The number of rotatable bonds is 2. The fraction of sp³-hybridized carbons (Fsp3) is 0.200. The van der Waals surface area contributed by atoms with Gasteiger partial charge in [-0.2, -0.15) is 5.10 Å². The average molecular weight is 224 g/mol. The van der Waals surface area contributed by atoms with E-state index in [1.54, 1.807) is 13.2 Å². The van der Waals surface area contributed by atoms with Crippen molar-refractivity contribution in [1.29, 1.82) is 0 Å². The van der Waals surface area contributed by atoms with Crippen molar-refractivity contribution in [2.75, 3.05) is 7.11 Å². The maximum absolute atomic E-state index is 6.11. The maximum atomic E-state index is 6.11. The van der Waals surface area contributed by atoms with Gasteiger partial charge in [0.05, 0.1) is 23.3 Å². The molecule has 4 nitrogen and oxygen atoms in total. The number of halogens is 1. The number of nitrogens with zero attached hydrogens (tertiary/aromatic N) is 2. The summed E-state index contributed by atoms with van der Waals surface area (Å²) in [5, 5.41) is 9.37. The van der Waals surface area contributed by atoms with Crippen molar-refractivity contribution in [1.82, 2.24) is 10.2 Å². The van der Waals surface area contributed by atoms with E-state index in [0.29, 0.717) is 16.2 Å². The molecule has 0 atom stereocenters. The molecule has 78 valence electrons. The second-order valence-electron chi connectivity index (χ2n) is 3.05. The molecule has 0 radical (unpaired) electrons. The first kappa shape index (κ1) is 10.1. The molecule has 2 N–H and O–H groups in total. The molecule has 1 aromatic heterocycles. The second-order valence-corrected chi connectivity index (χ2v) is 3.43. The van der Waals surface area contributed by atoms with E-state index in [4.69, 9.17) is 22.1 Å². The van der Waals surface area contributed by atoms with E-state index in [-0.39, 0.29) is 6.54 Å². The Hall–Kier alpha value is -1.39. The summed E-state index contributed by atoms with van der Waals surface area (Å²) in [4.78, 5) is 0. The molecule has 1 aromatic carbocycles. The molecule has 0 unspecified atom stereocenters. The fourth-order valence-corrected chi connectivity index (χ4v) is 1.63. The quantitative estimate of drug-likeness (QED) is 0.843. The second kappa shape index (κ2) is 4.00. The lowest BCUT2D eigenvalue weighted by molar-refractivity contribution is 0.415. The first-order valence-corrected chi connectivity index (χ1v) is 4.83. The molecule has 1 heterocycles. The van der Waals surface area contributed by atoms with E-state index >= 15 is 0 Å². The smallest absolute Gasteiger partial charge is 0.121 e. The van der Waals surface area contributed by atoms with Crippen LogP contribution in [0.4, 0.5) is 0 Å². The highest BCUT2D eigenvalue weighted by atomic mass is 35.5. The standard InChI is InChI=1S/C10H10ClN3O/c1-15-6-2-3-7-8(4-6)13-14-9(5-12)10(7)11/h2-4H,5,12H2,1H3. The van der Waals surface area contributed by atoms with Crippen LogP contribution in [0.1, 0.15) is 5.69 Å². The van der Waals surface area contributed by atoms with Crippen molar-refractivity contribution in [2.24, 2.45) is 5.73 Å². The van der Waals surface area contributed by atoms with Gasteiger partial charge >= 0.3 is 0 Å². The largest absolute Gasteiger partial charge is 0.497 e. The number of hydrogen-bond acceptors (Lipinski definition) is 4. The number of ether oxygens (including phenoxy) is 1. The molecule has 0 aliphatic rings. The summed E-state index contributed by atoms with van der Waals surface area (Å²) in [6.45, 7) is 0.286. The third-order valence-corrected chi connectivity index (χ3v) is 2.59. The van der Waals surface area contributed by atoms with Crippen LogP contribution in [0.3, 0.4) is 0 Å². The Kier molecular flexibility index (Phi) is 2.70. The molecular weight excluding hydrogens is 214 g/mol. The summed E-state index contributed by atoms with van der Waals surface area (Å²) < 4.78 is 5.08. The number of benzene rings is 1. The molecule has 0 saturated heterocycles. The predicted octanol–water partition coefficient (Wildman–Crippen LogP) is 1.75. The van der Waals surface area contributed by atoms with Crippen LogP contribution in [-0.4, -0.2) is 17.3 Å². The van der Waals surface area contributed by atoms with Crippen LogP contribution >= 0.6 is 11.6 Å². The number of methoxy groups -OCH3 is 1. The molecule has 0 bridgehead atoms. The summed E-state index contributed by atoms with van der Waals surface area (Å²) >= 11 is 6.11. The Labute approximate surface area is 92.0 Å². The van der Waals surface area contributed by atoms with Crippen molar-refractivity contribution in [3.05, 3.63) is 28.9 Å². The Morgan fingerprint density at radius 2 is 2.20 bits per heavy atom. The Balaban J connectivity index is 2.68.